The summed E-state index contributed by atoms with van der Waals surface area (Å²) in [5, 5.41) is 19.7. The van der Waals surface area contributed by atoms with E-state index >= 15 is 0 Å². The molecule has 3 aliphatic rings. The van der Waals surface area contributed by atoms with Gasteiger partial charge >= 0.3 is 6.18 Å². The van der Waals surface area contributed by atoms with Crippen molar-refractivity contribution in [3.8, 4) is 0 Å². The molecule has 4 heterocycles. The van der Waals surface area contributed by atoms with Gasteiger partial charge in [0.05, 0.1) is 31.0 Å². The average Bonchev–Trinajstić information content (AvgIpc) is 3.92. The summed E-state index contributed by atoms with van der Waals surface area (Å²) in [6.45, 7) is 5.77. The lowest BCUT2D eigenvalue weighted by atomic mass is 10.0. The topological polar surface area (TPSA) is 155 Å². The summed E-state index contributed by atoms with van der Waals surface area (Å²) in [6, 6.07) is 39.2. The summed E-state index contributed by atoms with van der Waals surface area (Å²) >= 11 is 11.7. The standard InChI is InChI=1S/C19H21ClN2O.C17H17ClN2O2.C17H16F3N3O2/c20-16-8-6-15(7-9-16)19(23)22-18-11-4-14(5-12-18)3-10-17-2-1-13-21-17;18-14-5-1-13(2-6-14)17(21)20-15-7-3-12(4-8-15)16-11-19-9-10-22-16;18-17(19,20)12-3-6-14(22-9-12)16(24)23-13-4-1-11(2-5-13)15-10-21-7-8-25-15/h4-9,11-12,17,21H,1-3,10,13H2,(H,22,23);1-8,16,19H,9-11H2,(H,20,21);1-6,9,15,21H,7-8,10H2,(H,23,24)/t;16-;/m.0./s1. The average molecular weight is 997 g/mol. The smallest absolute Gasteiger partial charge is 0.371 e. The second-order valence-electron chi connectivity index (χ2n) is 16.7. The highest BCUT2D eigenvalue weighted by Gasteiger charge is 2.31. The molecule has 3 atom stereocenters. The number of aryl methyl sites for hydroxylation is 1. The van der Waals surface area contributed by atoms with Crippen molar-refractivity contribution in [2.75, 3.05) is 61.9 Å². The molecule has 6 N–H and O–H groups in total. The van der Waals surface area contributed by atoms with Gasteiger partial charge in [0.2, 0.25) is 0 Å². The highest BCUT2D eigenvalue weighted by molar-refractivity contribution is 6.31. The lowest BCUT2D eigenvalue weighted by molar-refractivity contribution is -0.137. The summed E-state index contributed by atoms with van der Waals surface area (Å²) in [5.41, 5.74) is 5.70. The van der Waals surface area contributed by atoms with E-state index in [1.165, 1.54) is 24.8 Å². The number of halogens is 5. The molecule has 0 bridgehead atoms. The minimum absolute atomic E-state index is 0.0323. The number of morpholine rings is 2. The molecule has 5 aromatic carbocycles. The van der Waals surface area contributed by atoms with Crippen molar-refractivity contribution in [1.82, 2.24) is 20.9 Å². The van der Waals surface area contributed by atoms with Gasteiger partial charge in [-0.05, 0) is 146 Å². The number of hydrogen-bond donors (Lipinski definition) is 6. The van der Waals surface area contributed by atoms with Crippen LogP contribution >= 0.6 is 23.2 Å². The molecule has 6 aromatic rings. The van der Waals surface area contributed by atoms with Crippen LogP contribution < -0.4 is 31.9 Å². The minimum atomic E-state index is -4.48. The first-order valence-corrected chi connectivity index (χ1v) is 23.8. The molecule has 366 valence electrons. The predicted molar refractivity (Wildman–Crippen MR) is 268 cm³/mol. The summed E-state index contributed by atoms with van der Waals surface area (Å²) in [6.07, 6.45) is 1.04. The first-order valence-electron chi connectivity index (χ1n) is 23.0. The van der Waals surface area contributed by atoms with E-state index in [1.54, 1.807) is 60.7 Å². The van der Waals surface area contributed by atoms with E-state index in [0.29, 0.717) is 45.7 Å². The monoisotopic (exact) mass is 995 g/mol. The van der Waals surface area contributed by atoms with Crippen molar-refractivity contribution in [3.05, 3.63) is 189 Å². The normalized spacial score (nSPS) is 17.7. The number of carbonyl (C=O) groups is 3. The molecule has 0 radical (unpaired) electrons. The van der Waals surface area contributed by atoms with E-state index in [-0.39, 0.29) is 29.7 Å². The largest absolute Gasteiger partial charge is 0.417 e. The number of nitrogens with zero attached hydrogens (tertiary/aromatic N) is 1. The lowest BCUT2D eigenvalue weighted by Gasteiger charge is -2.24. The molecule has 12 nitrogen and oxygen atoms in total. The van der Waals surface area contributed by atoms with Crippen LogP contribution in [0.5, 0.6) is 0 Å². The lowest BCUT2D eigenvalue weighted by Crippen LogP contribution is -2.33. The Morgan fingerprint density at radius 3 is 1.47 bits per heavy atom. The third-order valence-electron chi connectivity index (χ3n) is 11.6. The molecule has 0 aliphatic carbocycles. The summed E-state index contributed by atoms with van der Waals surface area (Å²) in [7, 11) is 0. The molecule has 0 saturated carbocycles. The second-order valence-corrected chi connectivity index (χ2v) is 17.6. The Hall–Kier alpha value is -6.17. The molecule has 9 rings (SSSR count). The number of benzene rings is 5. The molecular weight excluding hydrogens is 943 g/mol. The van der Waals surface area contributed by atoms with Gasteiger partial charge in [-0.15, -0.1) is 0 Å². The van der Waals surface area contributed by atoms with Gasteiger partial charge in [-0.25, -0.2) is 0 Å². The number of aromatic nitrogens is 1. The number of nitrogens with one attached hydrogen (secondary N) is 6. The molecule has 3 fully saturated rings. The predicted octanol–water partition coefficient (Wildman–Crippen LogP) is 10.5. The van der Waals surface area contributed by atoms with Crippen LogP contribution in [0.2, 0.25) is 10.0 Å². The zero-order valence-corrected chi connectivity index (χ0v) is 39.7. The van der Waals surface area contributed by atoms with Crippen molar-refractivity contribution in [2.24, 2.45) is 0 Å². The number of amides is 3. The first kappa shape index (κ1) is 51.7. The number of pyridine rings is 1. The Kier molecular flexibility index (Phi) is 18.9. The number of ether oxygens (including phenoxy) is 2. The van der Waals surface area contributed by atoms with Crippen LogP contribution in [-0.2, 0) is 22.1 Å². The third-order valence-corrected chi connectivity index (χ3v) is 12.1. The Labute approximate surface area is 415 Å². The molecule has 0 spiro atoms. The highest BCUT2D eigenvalue weighted by Crippen LogP contribution is 2.29. The van der Waals surface area contributed by atoms with E-state index in [4.69, 9.17) is 32.7 Å². The van der Waals surface area contributed by atoms with Crippen molar-refractivity contribution in [2.45, 2.75) is 50.1 Å². The van der Waals surface area contributed by atoms with Gasteiger partial charge in [0.25, 0.3) is 17.7 Å². The number of rotatable bonds is 11. The number of hydrogen-bond acceptors (Lipinski definition) is 9. The van der Waals surface area contributed by atoms with Gasteiger partial charge in [0.1, 0.15) is 5.69 Å². The molecule has 70 heavy (non-hydrogen) atoms. The highest BCUT2D eigenvalue weighted by atomic mass is 35.5. The van der Waals surface area contributed by atoms with Crippen LogP contribution in [0.3, 0.4) is 0 Å². The number of alkyl halides is 3. The van der Waals surface area contributed by atoms with Gasteiger partial charge in [-0.3, -0.25) is 19.4 Å². The van der Waals surface area contributed by atoms with Gasteiger partial charge < -0.3 is 41.4 Å². The van der Waals surface area contributed by atoms with Gasteiger partial charge in [0, 0.05) is 76.7 Å². The minimum Gasteiger partial charge on any atom is -0.371 e. The molecule has 3 aliphatic heterocycles. The van der Waals surface area contributed by atoms with Gasteiger partial charge in [-0.1, -0.05) is 59.6 Å². The number of carbonyl (C=O) groups excluding carboxylic acids is 3. The maximum absolute atomic E-state index is 12.5. The fourth-order valence-electron chi connectivity index (χ4n) is 7.72. The van der Waals surface area contributed by atoms with Crippen LogP contribution in [0.4, 0.5) is 30.2 Å². The van der Waals surface area contributed by atoms with E-state index in [0.717, 1.165) is 80.4 Å². The molecule has 2 unspecified atom stereocenters. The molecule has 1 aromatic heterocycles. The van der Waals surface area contributed by atoms with E-state index in [9.17, 15) is 27.6 Å². The van der Waals surface area contributed by atoms with Crippen molar-refractivity contribution < 1.29 is 37.0 Å². The fraction of sp³-hybridized carbons (Fsp3) is 0.283. The summed E-state index contributed by atoms with van der Waals surface area (Å²) < 4.78 is 48.9. The van der Waals surface area contributed by atoms with E-state index in [1.807, 2.05) is 48.5 Å². The number of anilines is 3. The van der Waals surface area contributed by atoms with Crippen molar-refractivity contribution in [1.29, 1.82) is 0 Å². The zero-order valence-electron chi connectivity index (χ0n) is 38.2. The Balaban J connectivity index is 0.000000155. The Morgan fingerprint density at radius 1 is 0.600 bits per heavy atom. The van der Waals surface area contributed by atoms with Crippen molar-refractivity contribution >= 4 is 58.0 Å². The molecular formula is C53H54Cl2F3N7O5. The maximum atomic E-state index is 12.5. The van der Waals surface area contributed by atoms with E-state index in [2.05, 4.69) is 49.0 Å². The fourth-order valence-corrected chi connectivity index (χ4v) is 7.97. The quantitative estimate of drug-likeness (QED) is 0.0744. The molecule has 3 amide bonds. The maximum Gasteiger partial charge on any atom is 0.417 e. The third kappa shape index (κ3) is 15.9. The molecule has 17 heteroatoms. The van der Waals surface area contributed by atoms with Crippen LogP contribution in [0.15, 0.2) is 140 Å². The van der Waals surface area contributed by atoms with Crippen LogP contribution in [0.1, 0.15) is 84.9 Å². The van der Waals surface area contributed by atoms with Crippen LogP contribution in [0, 0.1) is 0 Å². The summed E-state index contributed by atoms with van der Waals surface area (Å²) in [4.78, 5) is 39.9. The van der Waals surface area contributed by atoms with E-state index < -0.39 is 17.6 Å². The van der Waals surface area contributed by atoms with Crippen molar-refractivity contribution in [3.63, 3.8) is 0 Å². The van der Waals surface area contributed by atoms with Gasteiger partial charge in [0.15, 0.2) is 0 Å². The Morgan fingerprint density at radius 2 is 1.07 bits per heavy atom. The summed E-state index contributed by atoms with van der Waals surface area (Å²) in [5.74, 6) is -0.846. The SMILES string of the molecule is O=C(Nc1ccc(C2CNCCO2)cc1)c1ccc(C(F)(F)F)cn1.O=C(Nc1ccc(CCC2CCCN2)cc1)c1ccc(Cl)cc1.O=C(Nc1ccc([C@@H]2CNCCO2)cc1)c1ccc(Cl)cc1. The zero-order chi connectivity index (χ0) is 49.3. The van der Waals surface area contributed by atoms with Crippen LogP contribution in [0.25, 0.3) is 0 Å². The van der Waals surface area contributed by atoms with Gasteiger partial charge in [-0.2, -0.15) is 13.2 Å². The Bertz CT molecular complexity index is 2590. The molecule has 3 saturated heterocycles. The second kappa shape index (κ2) is 25.6. The first-order chi connectivity index (χ1) is 33.9. The van der Waals surface area contributed by atoms with Crippen LogP contribution in [-0.4, -0.2) is 74.7 Å².